The highest BCUT2D eigenvalue weighted by molar-refractivity contribution is 5.77. The average Bonchev–Trinajstić information content (AvgIpc) is 2.84. The van der Waals surface area contributed by atoms with Crippen LogP contribution in [0, 0.1) is 0 Å². The van der Waals surface area contributed by atoms with Gasteiger partial charge in [-0.3, -0.25) is 14.2 Å². The lowest BCUT2D eigenvalue weighted by Crippen LogP contribution is -2.31. The largest absolute Gasteiger partial charge is 0.349 e. The fraction of sp³-hybridized carbons (Fsp3) is 0.222. The van der Waals surface area contributed by atoms with Crippen molar-refractivity contribution in [1.29, 1.82) is 0 Å². The molecule has 3 aromatic carbocycles. The zero-order chi connectivity index (χ0) is 22.2. The first-order valence-corrected chi connectivity index (χ1v) is 11.0. The van der Waals surface area contributed by atoms with Gasteiger partial charge in [-0.2, -0.15) is 0 Å². The molecule has 1 atom stereocenters. The second kappa shape index (κ2) is 10.5. The second-order valence-corrected chi connectivity index (χ2v) is 7.92. The van der Waals surface area contributed by atoms with Crippen LogP contribution in [0.15, 0.2) is 96.1 Å². The quantitative estimate of drug-likeness (QED) is 0.424. The van der Waals surface area contributed by atoms with Crippen LogP contribution in [-0.2, 0) is 17.8 Å². The van der Waals surface area contributed by atoms with Gasteiger partial charge in [0.1, 0.15) is 0 Å². The van der Waals surface area contributed by atoms with Crippen LogP contribution in [0.4, 0.5) is 0 Å². The van der Waals surface area contributed by atoms with E-state index in [1.165, 1.54) is 16.5 Å². The topological polar surface area (TPSA) is 64.0 Å². The Morgan fingerprint density at radius 2 is 1.59 bits per heavy atom. The van der Waals surface area contributed by atoms with E-state index in [2.05, 4.69) is 34.6 Å². The molecule has 162 valence electrons. The smallest absolute Gasteiger partial charge is 0.261 e. The summed E-state index contributed by atoms with van der Waals surface area (Å²) in [6.07, 6.45) is 4.53. The molecule has 0 saturated carbocycles. The third kappa shape index (κ3) is 5.49. The molecule has 1 N–H and O–H groups in total. The van der Waals surface area contributed by atoms with Gasteiger partial charge in [0, 0.05) is 13.0 Å². The van der Waals surface area contributed by atoms with Gasteiger partial charge in [-0.05, 0) is 42.5 Å². The van der Waals surface area contributed by atoms with E-state index in [4.69, 9.17) is 0 Å². The number of fused-ring (bicyclic) bond motifs is 1. The Morgan fingerprint density at radius 3 is 2.38 bits per heavy atom. The van der Waals surface area contributed by atoms with Gasteiger partial charge in [-0.25, -0.2) is 4.98 Å². The summed E-state index contributed by atoms with van der Waals surface area (Å²) in [5, 5.41) is 3.74. The van der Waals surface area contributed by atoms with E-state index in [0.29, 0.717) is 17.4 Å². The molecule has 1 unspecified atom stereocenters. The van der Waals surface area contributed by atoms with Crippen LogP contribution < -0.4 is 10.9 Å². The first-order chi connectivity index (χ1) is 15.7. The molecule has 1 aromatic heterocycles. The summed E-state index contributed by atoms with van der Waals surface area (Å²) in [5.74, 6) is -0.0707. The van der Waals surface area contributed by atoms with Crippen molar-refractivity contribution in [1.82, 2.24) is 14.9 Å². The number of aryl methyl sites for hydroxylation is 2. The molecule has 0 fully saturated rings. The zero-order valence-corrected chi connectivity index (χ0v) is 18.0. The monoisotopic (exact) mass is 425 g/mol. The molecule has 0 spiro atoms. The molecule has 1 amide bonds. The first-order valence-electron chi connectivity index (χ1n) is 11.0. The number of nitrogens with zero attached hydrogens (tertiary/aromatic N) is 2. The highest BCUT2D eigenvalue weighted by Crippen LogP contribution is 2.20. The van der Waals surface area contributed by atoms with Crippen molar-refractivity contribution in [3.63, 3.8) is 0 Å². The molecule has 4 aromatic rings. The maximum atomic E-state index is 12.8. The van der Waals surface area contributed by atoms with Crippen molar-refractivity contribution in [3.05, 3.63) is 113 Å². The van der Waals surface area contributed by atoms with Crippen LogP contribution >= 0.6 is 0 Å². The Hall–Kier alpha value is -3.73. The van der Waals surface area contributed by atoms with E-state index in [-0.39, 0.29) is 23.9 Å². The van der Waals surface area contributed by atoms with Crippen LogP contribution in [0.25, 0.3) is 10.9 Å². The van der Waals surface area contributed by atoms with Crippen LogP contribution in [0.5, 0.6) is 0 Å². The molecule has 0 saturated heterocycles. The molecule has 0 radical (unpaired) electrons. The Balaban J connectivity index is 1.38. The lowest BCUT2D eigenvalue weighted by Gasteiger charge is -2.19. The van der Waals surface area contributed by atoms with E-state index >= 15 is 0 Å². The van der Waals surface area contributed by atoms with Gasteiger partial charge in [0.05, 0.1) is 23.3 Å². The summed E-state index contributed by atoms with van der Waals surface area (Å²) in [7, 11) is 0. The summed E-state index contributed by atoms with van der Waals surface area (Å²) in [4.78, 5) is 29.7. The third-order valence-electron chi connectivity index (χ3n) is 5.65. The van der Waals surface area contributed by atoms with E-state index in [1.807, 2.05) is 54.6 Å². The van der Waals surface area contributed by atoms with Crippen LogP contribution in [0.1, 0.15) is 36.4 Å². The standard InChI is InChI=1S/C27H27N3O2/c31-26(18-19-30-20-28-25-16-8-7-15-23(25)27(30)32)29-24(22-13-5-2-6-14-22)17-9-12-21-10-3-1-4-11-21/h1-8,10-11,13-16,20,24H,9,12,17-19H2,(H,29,31). The molecule has 0 aliphatic heterocycles. The number of hydrogen-bond acceptors (Lipinski definition) is 3. The predicted molar refractivity (Wildman–Crippen MR) is 127 cm³/mol. The van der Waals surface area contributed by atoms with Crippen LogP contribution in [-0.4, -0.2) is 15.5 Å². The van der Waals surface area contributed by atoms with Crippen molar-refractivity contribution in [2.24, 2.45) is 0 Å². The minimum absolute atomic E-state index is 0.0566. The molecule has 0 bridgehead atoms. The van der Waals surface area contributed by atoms with Crippen LogP contribution in [0.2, 0.25) is 0 Å². The summed E-state index contributed by atoms with van der Waals surface area (Å²) in [5.41, 5.74) is 2.94. The van der Waals surface area contributed by atoms with Crippen molar-refractivity contribution in [3.8, 4) is 0 Å². The Labute approximate surface area is 187 Å². The van der Waals surface area contributed by atoms with Gasteiger partial charge >= 0.3 is 0 Å². The summed E-state index contributed by atoms with van der Waals surface area (Å²) in [6.45, 7) is 0.300. The molecule has 5 nitrogen and oxygen atoms in total. The molecule has 5 heteroatoms. The van der Waals surface area contributed by atoms with Gasteiger partial charge < -0.3 is 5.32 Å². The summed E-state index contributed by atoms with van der Waals surface area (Å²) in [6, 6.07) is 27.6. The van der Waals surface area contributed by atoms with E-state index in [9.17, 15) is 9.59 Å². The lowest BCUT2D eigenvalue weighted by molar-refractivity contribution is -0.122. The minimum atomic E-state index is -0.120. The van der Waals surface area contributed by atoms with Gasteiger partial charge in [-0.15, -0.1) is 0 Å². The summed E-state index contributed by atoms with van der Waals surface area (Å²) < 4.78 is 1.51. The second-order valence-electron chi connectivity index (χ2n) is 7.92. The van der Waals surface area contributed by atoms with Crippen molar-refractivity contribution < 1.29 is 4.79 Å². The fourth-order valence-corrected chi connectivity index (χ4v) is 3.92. The molecule has 1 heterocycles. The van der Waals surface area contributed by atoms with Crippen LogP contribution in [0.3, 0.4) is 0 Å². The highest BCUT2D eigenvalue weighted by atomic mass is 16.2. The Kier molecular flexibility index (Phi) is 7.08. The number of carbonyl (C=O) groups is 1. The van der Waals surface area contributed by atoms with Crippen molar-refractivity contribution >= 4 is 16.8 Å². The third-order valence-corrected chi connectivity index (χ3v) is 5.65. The molecular weight excluding hydrogens is 398 g/mol. The number of amides is 1. The maximum absolute atomic E-state index is 12.8. The lowest BCUT2D eigenvalue weighted by atomic mass is 9.99. The molecule has 32 heavy (non-hydrogen) atoms. The number of para-hydroxylation sites is 1. The number of rotatable bonds is 9. The molecule has 0 aliphatic rings. The van der Waals surface area contributed by atoms with Gasteiger partial charge in [0.2, 0.25) is 5.91 Å². The Morgan fingerprint density at radius 1 is 0.906 bits per heavy atom. The minimum Gasteiger partial charge on any atom is -0.349 e. The number of aromatic nitrogens is 2. The highest BCUT2D eigenvalue weighted by Gasteiger charge is 2.15. The van der Waals surface area contributed by atoms with Gasteiger partial charge in [-0.1, -0.05) is 72.8 Å². The number of benzene rings is 3. The number of carbonyl (C=O) groups excluding carboxylic acids is 1. The van der Waals surface area contributed by atoms with Crippen molar-refractivity contribution in [2.75, 3.05) is 0 Å². The molecule has 0 aliphatic carbocycles. The normalized spacial score (nSPS) is 11.9. The molecule has 4 rings (SSSR count). The number of nitrogens with one attached hydrogen (secondary N) is 1. The van der Waals surface area contributed by atoms with Gasteiger partial charge in [0.15, 0.2) is 0 Å². The van der Waals surface area contributed by atoms with E-state index in [0.717, 1.165) is 24.8 Å². The first kappa shape index (κ1) is 21.5. The number of hydrogen-bond donors (Lipinski definition) is 1. The maximum Gasteiger partial charge on any atom is 0.261 e. The molecular formula is C27H27N3O2. The SMILES string of the molecule is O=C(CCn1cnc2ccccc2c1=O)NC(CCCc1ccccc1)c1ccccc1. The zero-order valence-electron chi connectivity index (χ0n) is 18.0. The summed E-state index contributed by atoms with van der Waals surface area (Å²) >= 11 is 0. The van der Waals surface area contributed by atoms with Crippen molar-refractivity contribution in [2.45, 2.75) is 38.3 Å². The van der Waals surface area contributed by atoms with E-state index in [1.54, 1.807) is 6.07 Å². The van der Waals surface area contributed by atoms with E-state index < -0.39 is 0 Å². The fourth-order valence-electron chi connectivity index (χ4n) is 3.92. The van der Waals surface area contributed by atoms with Gasteiger partial charge in [0.25, 0.3) is 5.56 Å². The predicted octanol–water partition coefficient (Wildman–Crippen LogP) is 4.67. The Bertz CT molecular complexity index is 1220. The average molecular weight is 426 g/mol.